The minimum Gasteiger partial charge on any atom is -0.376 e. The lowest BCUT2D eigenvalue weighted by Crippen LogP contribution is -2.31. The number of anilines is 1. The molecule has 1 fully saturated rings. The molecule has 1 aromatic carbocycles. The van der Waals surface area contributed by atoms with Crippen molar-refractivity contribution in [2.45, 2.75) is 38.5 Å². The molecule has 4 heteroatoms. The number of hydrogen-bond donors (Lipinski definition) is 2. The van der Waals surface area contributed by atoms with Crippen LogP contribution in [-0.2, 0) is 4.79 Å². The van der Waals surface area contributed by atoms with Gasteiger partial charge in [-0.1, -0.05) is 50.3 Å². The number of amides is 1. The van der Waals surface area contributed by atoms with E-state index in [2.05, 4.69) is 10.6 Å². The van der Waals surface area contributed by atoms with Crippen LogP contribution >= 0.6 is 12.4 Å². The second kappa shape index (κ2) is 9.65. The number of carbonyl (C=O) groups excluding carboxylic acids is 1. The fraction of sp³-hybridized carbons (Fsp3) is 0.562. The van der Waals surface area contributed by atoms with Gasteiger partial charge in [-0.15, -0.1) is 12.4 Å². The van der Waals surface area contributed by atoms with E-state index < -0.39 is 0 Å². The summed E-state index contributed by atoms with van der Waals surface area (Å²) in [6, 6.07) is 9.83. The zero-order valence-electron chi connectivity index (χ0n) is 11.9. The lowest BCUT2D eigenvalue weighted by molar-refractivity contribution is -0.119. The van der Waals surface area contributed by atoms with Crippen molar-refractivity contribution in [2.75, 3.05) is 18.4 Å². The van der Waals surface area contributed by atoms with Crippen LogP contribution in [0.1, 0.15) is 38.5 Å². The van der Waals surface area contributed by atoms with Crippen molar-refractivity contribution >= 4 is 24.0 Å². The van der Waals surface area contributed by atoms with Gasteiger partial charge in [-0.25, -0.2) is 0 Å². The van der Waals surface area contributed by atoms with Crippen LogP contribution in [0.4, 0.5) is 5.69 Å². The van der Waals surface area contributed by atoms with E-state index in [1.165, 1.54) is 32.1 Å². The Morgan fingerprint density at radius 3 is 2.50 bits per heavy atom. The number of rotatable bonds is 6. The normalized spacial score (nSPS) is 15.2. The van der Waals surface area contributed by atoms with E-state index in [1.54, 1.807) is 0 Å². The second-order valence-electron chi connectivity index (χ2n) is 5.36. The summed E-state index contributed by atoms with van der Waals surface area (Å²) in [7, 11) is 0. The molecule has 0 spiro atoms. The third-order valence-corrected chi connectivity index (χ3v) is 3.83. The maximum absolute atomic E-state index is 11.7. The Morgan fingerprint density at radius 1 is 1.10 bits per heavy atom. The largest absolute Gasteiger partial charge is 0.376 e. The first-order valence-electron chi connectivity index (χ1n) is 7.40. The van der Waals surface area contributed by atoms with Crippen LogP contribution < -0.4 is 10.6 Å². The summed E-state index contributed by atoms with van der Waals surface area (Å²) in [5.41, 5.74) is 0.991. The van der Waals surface area contributed by atoms with Gasteiger partial charge >= 0.3 is 0 Å². The van der Waals surface area contributed by atoms with Crippen molar-refractivity contribution < 1.29 is 4.79 Å². The van der Waals surface area contributed by atoms with E-state index in [4.69, 9.17) is 0 Å². The fourth-order valence-electron chi connectivity index (χ4n) is 2.69. The van der Waals surface area contributed by atoms with E-state index in [0.29, 0.717) is 6.54 Å². The molecule has 1 aromatic rings. The Kier molecular flexibility index (Phi) is 8.12. The summed E-state index contributed by atoms with van der Waals surface area (Å²) in [5.74, 6) is 0.913. The maximum atomic E-state index is 11.7. The van der Waals surface area contributed by atoms with Crippen LogP contribution in [0.2, 0.25) is 0 Å². The molecule has 1 amide bonds. The predicted molar refractivity (Wildman–Crippen MR) is 86.4 cm³/mol. The molecule has 1 aliphatic carbocycles. The number of benzene rings is 1. The number of para-hydroxylation sites is 1. The number of nitrogens with one attached hydrogen (secondary N) is 2. The average Bonchev–Trinajstić information content (AvgIpc) is 2.47. The second-order valence-corrected chi connectivity index (χ2v) is 5.36. The SMILES string of the molecule is Cl.O=C(CNc1ccccc1)NCCC1CCCCC1. The highest BCUT2D eigenvalue weighted by Crippen LogP contribution is 2.25. The zero-order valence-corrected chi connectivity index (χ0v) is 12.8. The van der Waals surface area contributed by atoms with Crippen molar-refractivity contribution in [1.82, 2.24) is 5.32 Å². The van der Waals surface area contributed by atoms with Gasteiger partial charge in [-0.3, -0.25) is 4.79 Å². The molecule has 20 heavy (non-hydrogen) atoms. The Labute approximate surface area is 127 Å². The summed E-state index contributed by atoms with van der Waals surface area (Å²) >= 11 is 0. The topological polar surface area (TPSA) is 41.1 Å². The van der Waals surface area contributed by atoms with Crippen molar-refractivity contribution in [3.8, 4) is 0 Å². The van der Waals surface area contributed by atoms with Crippen molar-refractivity contribution in [2.24, 2.45) is 5.92 Å². The van der Waals surface area contributed by atoms with Crippen LogP contribution in [0, 0.1) is 5.92 Å². The quantitative estimate of drug-likeness (QED) is 0.842. The highest BCUT2D eigenvalue weighted by Gasteiger charge is 2.13. The lowest BCUT2D eigenvalue weighted by atomic mass is 9.87. The molecule has 0 aliphatic heterocycles. The first kappa shape index (κ1) is 16.8. The molecular weight excluding hydrogens is 272 g/mol. The number of halogens is 1. The van der Waals surface area contributed by atoms with Gasteiger partial charge in [0.2, 0.25) is 5.91 Å². The summed E-state index contributed by atoms with van der Waals surface area (Å²) in [6.07, 6.45) is 7.96. The highest BCUT2D eigenvalue weighted by atomic mass is 35.5. The van der Waals surface area contributed by atoms with Gasteiger partial charge in [0.1, 0.15) is 0 Å². The van der Waals surface area contributed by atoms with Crippen LogP contribution in [0.25, 0.3) is 0 Å². The van der Waals surface area contributed by atoms with Crippen molar-refractivity contribution in [1.29, 1.82) is 0 Å². The van der Waals surface area contributed by atoms with Crippen LogP contribution in [0.15, 0.2) is 30.3 Å². The predicted octanol–water partition coefficient (Wildman–Crippen LogP) is 3.61. The number of hydrogen-bond acceptors (Lipinski definition) is 2. The van der Waals surface area contributed by atoms with Gasteiger partial charge in [0.15, 0.2) is 0 Å². The third-order valence-electron chi connectivity index (χ3n) is 3.83. The minimum absolute atomic E-state index is 0. The Morgan fingerprint density at radius 2 is 1.80 bits per heavy atom. The molecule has 0 saturated heterocycles. The molecule has 0 aromatic heterocycles. The summed E-state index contributed by atoms with van der Waals surface area (Å²) in [6.45, 7) is 1.18. The van der Waals surface area contributed by atoms with Gasteiger partial charge in [-0.05, 0) is 24.5 Å². The lowest BCUT2D eigenvalue weighted by Gasteiger charge is -2.21. The zero-order chi connectivity index (χ0) is 13.3. The molecule has 2 N–H and O–H groups in total. The molecule has 0 unspecified atom stereocenters. The van der Waals surface area contributed by atoms with E-state index >= 15 is 0 Å². The maximum Gasteiger partial charge on any atom is 0.239 e. The smallest absolute Gasteiger partial charge is 0.239 e. The summed E-state index contributed by atoms with van der Waals surface area (Å²) < 4.78 is 0. The Bertz CT molecular complexity index is 377. The van der Waals surface area contributed by atoms with Gasteiger partial charge in [-0.2, -0.15) is 0 Å². The molecule has 0 heterocycles. The van der Waals surface area contributed by atoms with Gasteiger partial charge < -0.3 is 10.6 Å². The van der Waals surface area contributed by atoms with E-state index in [-0.39, 0.29) is 18.3 Å². The molecule has 0 radical (unpaired) electrons. The first-order valence-corrected chi connectivity index (χ1v) is 7.40. The molecule has 112 valence electrons. The monoisotopic (exact) mass is 296 g/mol. The molecule has 2 rings (SSSR count). The molecule has 1 aliphatic rings. The molecule has 3 nitrogen and oxygen atoms in total. The van der Waals surface area contributed by atoms with Crippen molar-refractivity contribution in [3.63, 3.8) is 0 Å². The van der Waals surface area contributed by atoms with Crippen LogP contribution in [-0.4, -0.2) is 19.0 Å². The molecule has 0 bridgehead atoms. The highest BCUT2D eigenvalue weighted by molar-refractivity contribution is 5.85. The van der Waals surface area contributed by atoms with Gasteiger partial charge in [0.25, 0.3) is 0 Å². The van der Waals surface area contributed by atoms with E-state index in [9.17, 15) is 4.79 Å². The van der Waals surface area contributed by atoms with Gasteiger partial charge in [0.05, 0.1) is 6.54 Å². The van der Waals surface area contributed by atoms with Gasteiger partial charge in [0, 0.05) is 12.2 Å². The van der Waals surface area contributed by atoms with Crippen LogP contribution in [0.3, 0.4) is 0 Å². The van der Waals surface area contributed by atoms with E-state index in [0.717, 1.165) is 24.6 Å². The Hall–Kier alpha value is -1.22. The standard InChI is InChI=1S/C16H24N2O.ClH/c19-16(13-18-15-9-5-2-6-10-15)17-12-11-14-7-3-1-4-8-14;/h2,5-6,9-10,14,18H,1,3-4,7-8,11-13H2,(H,17,19);1H. The van der Waals surface area contributed by atoms with E-state index in [1.807, 2.05) is 30.3 Å². The number of carbonyl (C=O) groups is 1. The summed E-state index contributed by atoms with van der Waals surface area (Å²) in [4.78, 5) is 11.7. The molecule has 1 saturated carbocycles. The molecule has 0 atom stereocenters. The van der Waals surface area contributed by atoms with Crippen LogP contribution in [0.5, 0.6) is 0 Å². The van der Waals surface area contributed by atoms with Crippen molar-refractivity contribution in [3.05, 3.63) is 30.3 Å². The first-order chi connectivity index (χ1) is 9.34. The molecular formula is C16H25ClN2O. The third kappa shape index (κ3) is 6.29. The average molecular weight is 297 g/mol. The minimum atomic E-state index is 0. The Balaban J connectivity index is 0.00000200. The fourth-order valence-corrected chi connectivity index (χ4v) is 2.69. The summed E-state index contributed by atoms with van der Waals surface area (Å²) in [5, 5.41) is 6.12.